The van der Waals surface area contributed by atoms with Crippen molar-refractivity contribution in [3.8, 4) is 5.75 Å². The average Bonchev–Trinajstić information content (AvgIpc) is 2.38. The molecule has 0 aromatic heterocycles. The lowest BCUT2D eigenvalue weighted by atomic mass is 10.2. The summed E-state index contributed by atoms with van der Waals surface area (Å²) in [5.74, 6) is -0.296. The zero-order valence-electron chi connectivity index (χ0n) is 10.5. The van der Waals surface area contributed by atoms with Gasteiger partial charge in [0.1, 0.15) is 5.75 Å². The number of urea groups is 1. The molecule has 2 aromatic rings. The number of hydrogen-bond donors (Lipinski definition) is 4. The van der Waals surface area contributed by atoms with Crippen LogP contribution >= 0.6 is 0 Å². The van der Waals surface area contributed by atoms with Gasteiger partial charge in [0.2, 0.25) is 0 Å². The summed E-state index contributed by atoms with van der Waals surface area (Å²) in [6, 6.07) is 11.9. The number of anilines is 2. The predicted molar refractivity (Wildman–Crippen MR) is 75.7 cm³/mol. The number of primary amides is 1. The van der Waals surface area contributed by atoms with Gasteiger partial charge in [-0.05, 0) is 30.3 Å². The lowest BCUT2D eigenvalue weighted by Crippen LogP contribution is -2.19. The first kappa shape index (κ1) is 13.4. The van der Waals surface area contributed by atoms with Crippen LogP contribution in [0, 0.1) is 0 Å². The van der Waals surface area contributed by atoms with Gasteiger partial charge in [0.05, 0.1) is 0 Å². The third-order valence-corrected chi connectivity index (χ3v) is 2.50. The molecule has 2 rings (SSSR count). The van der Waals surface area contributed by atoms with Gasteiger partial charge in [-0.25, -0.2) is 4.79 Å². The Morgan fingerprint density at radius 3 is 2.25 bits per heavy atom. The maximum atomic E-state index is 12.0. The molecule has 0 atom stereocenters. The number of carbonyl (C=O) groups excluding carboxylic acids is 2. The third kappa shape index (κ3) is 3.49. The second-order valence-corrected chi connectivity index (χ2v) is 4.07. The quantitative estimate of drug-likeness (QED) is 0.687. The molecule has 6 nitrogen and oxygen atoms in total. The number of amides is 3. The van der Waals surface area contributed by atoms with Crippen LogP contribution in [0.1, 0.15) is 10.4 Å². The highest BCUT2D eigenvalue weighted by atomic mass is 16.3. The first-order chi connectivity index (χ1) is 9.54. The molecule has 0 saturated heterocycles. The van der Waals surface area contributed by atoms with E-state index in [1.54, 1.807) is 30.3 Å². The first-order valence-corrected chi connectivity index (χ1v) is 5.81. The second-order valence-electron chi connectivity index (χ2n) is 4.07. The molecule has 0 heterocycles. The summed E-state index contributed by atoms with van der Waals surface area (Å²) in [5, 5.41) is 14.4. The summed E-state index contributed by atoms with van der Waals surface area (Å²) in [6.45, 7) is 0. The molecule has 3 amide bonds. The van der Waals surface area contributed by atoms with Crippen molar-refractivity contribution in [1.82, 2.24) is 0 Å². The van der Waals surface area contributed by atoms with Gasteiger partial charge in [-0.2, -0.15) is 0 Å². The summed E-state index contributed by atoms with van der Waals surface area (Å²) in [7, 11) is 0. The minimum absolute atomic E-state index is 0.0620. The Kier molecular flexibility index (Phi) is 3.85. The van der Waals surface area contributed by atoms with Gasteiger partial charge in [-0.3, -0.25) is 4.79 Å². The van der Waals surface area contributed by atoms with Crippen LogP contribution < -0.4 is 16.4 Å². The van der Waals surface area contributed by atoms with Crippen molar-refractivity contribution >= 4 is 23.3 Å². The minimum atomic E-state index is -0.699. The van der Waals surface area contributed by atoms with E-state index in [1.165, 1.54) is 18.2 Å². The highest BCUT2D eigenvalue weighted by molar-refractivity contribution is 6.05. The van der Waals surface area contributed by atoms with Gasteiger partial charge in [0.15, 0.2) is 0 Å². The van der Waals surface area contributed by atoms with Crippen molar-refractivity contribution in [3.63, 3.8) is 0 Å². The fraction of sp³-hybridized carbons (Fsp3) is 0. The number of rotatable bonds is 3. The van der Waals surface area contributed by atoms with Crippen LogP contribution in [0.15, 0.2) is 48.5 Å². The Morgan fingerprint density at radius 1 is 0.950 bits per heavy atom. The van der Waals surface area contributed by atoms with Crippen molar-refractivity contribution in [2.24, 2.45) is 5.73 Å². The van der Waals surface area contributed by atoms with Crippen LogP contribution in [0.2, 0.25) is 0 Å². The maximum absolute atomic E-state index is 12.0. The Balaban J connectivity index is 2.15. The Labute approximate surface area is 115 Å². The molecule has 0 radical (unpaired) electrons. The van der Waals surface area contributed by atoms with Gasteiger partial charge in [-0.15, -0.1) is 0 Å². The van der Waals surface area contributed by atoms with Gasteiger partial charge >= 0.3 is 6.03 Å². The van der Waals surface area contributed by atoms with Gasteiger partial charge in [0, 0.05) is 23.0 Å². The summed E-state index contributed by atoms with van der Waals surface area (Å²) in [6.07, 6.45) is 0. The van der Waals surface area contributed by atoms with Crippen LogP contribution in [0.4, 0.5) is 16.2 Å². The topological polar surface area (TPSA) is 104 Å². The number of carbonyl (C=O) groups is 2. The van der Waals surface area contributed by atoms with E-state index in [2.05, 4.69) is 10.6 Å². The van der Waals surface area contributed by atoms with Crippen molar-refractivity contribution in [1.29, 1.82) is 0 Å². The first-order valence-electron chi connectivity index (χ1n) is 5.81. The van der Waals surface area contributed by atoms with Crippen LogP contribution in [0.3, 0.4) is 0 Å². The monoisotopic (exact) mass is 271 g/mol. The predicted octanol–water partition coefficient (Wildman–Crippen LogP) is 2.14. The molecule has 2 aromatic carbocycles. The van der Waals surface area contributed by atoms with Crippen molar-refractivity contribution in [2.45, 2.75) is 0 Å². The number of nitrogens with two attached hydrogens (primary N) is 1. The molecule has 0 saturated carbocycles. The Bertz CT molecular complexity index is 656. The molecule has 5 N–H and O–H groups in total. The third-order valence-electron chi connectivity index (χ3n) is 2.50. The van der Waals surface area contributed by atoms with Crippen LogP contribution in [-0.2, 0) is 0 Å². The summed E-state index contributed by atoms with van der Waals surface area (Å²) >= 11 is 0. The molecule has 102 valence electrons. The molecule has 0 aliphatic carbocycles. The molecule has 0 bridgehead atoms. The summed E-state index contributed by atoms with van der Waals surface area (Å²) in [5.41, 5.74) is 6.28. The van der Waals surface area contributed by atoms with E-state index >= 15 is 0 Å². The largest absolute Gasteiger partial charge is 0.508 e. The van der Waals surface area contributed by atoms with E-state index in [4.69, 9.17) is 5.73 Å². The van der Waals surface area contributed by atoms with E-state index in [0.717, 1.165) is 0 Å². The number of benzene rings is 2. The zero-order valence-corrected chi connectivity index (χ0v) is 10.5. The SMILES string of the molecule is NC(=O)Nc1cccc(C(=O)Nc2cccc(O)c2)c1. The lowest BCUT2D eigenvalue weighted by Gasteiger charge is -2.07. The normalized spacial score (nSPS) is 9.80. The molecular weight excluding hydrogens is 258 g/mol. The fourth-order valence-electron chi connectivity index (χ4n) is 1.67. The van der Waals surface area contributed by atoms with Gasteiger partial charge in [0.25, 0.3) is 5.91 Å². The van der Waals surface area contributed by atoms with E-state index in [-0.39, 0.29) is 11.7 Å². The number of phenolic OH excluding ortho intramolecular Hbond substituents is 1. The Hall–Kier alpha value is -3.02. The van der Waals surface area contributed by atoms with E-state index in [9.17, 15) is 14.7 Å². The number of nitrogens with one attached hydrogen (secondary N) is 2. The number of aromatic hydroxyl groups is 1. The van der Waals surface area contributed by atoms with Crippen molar-refractivity contribution in [3.05, 3.63) is 54.1 Å². The van der Waals surface area contributed by atoms with E-state index < -0.39 is 6.03 Å². The highest BCUT2D eigenvalue weighted by Gasteiger charge is 2.07. The van der Waals surface area contributed by atoms with Gasteiger partial charge in [-0.1, -0.05) is 12.1 Å². The average molecular weight is 271 g/mol. The molecule has 0 spiro atoms. The molecule has 0 unspecified atom stereocenters. The van der Waals surface area contributed by atoms with Crippen LogP contribution in [0.5, 0.6) is 5.75 Å². The molecule has 20 heavy (non-hydrogen) atoms. The lowest BCUT2D eigenvalue weighted by molar-refractivity contribution is 0.102. The molecule has 6 heteroatoms. The highest BCUT2D eigenvalue weighted by Crippen LogP contribution is 2.17. The fourth-order valence-corrected chi connectivity index (χ4v) is 1.67. The summed E-state index contributed by atoms with van der Waals surface area (Å²) < 4.78 is 0. The molecule has 0 aliphatic rings. The van der Waals surface area contributed by atoms with Crippen molar-refractivity contribution < 1.29 is 14.7 Å². The molecular formula is C14H13N3O3. The maximum Gasteiger partial charge on any atom is 0.316 e. The van der Waals surface area contributed by atoms with E-state index in [1.807, 2.05) is 0 Å². The standard InChI is InChI=1S/C14H13N3O3/c15-14(20)17-10-4-1-3-9(7-10)13(19)16-11-5-2-6-12(18)8-11/h1-8,18H,(H,16,19)(H3,15,17,20). The number of hydrogen-bond acceptors (Lipinski definition) is 3. The molecule has 0 fully saturated rings. The van der Waals surface area contributed by atoms with Crippen LogP contribution in [0.25, 0.3) is 0 Å². The smallest absolute Gasteiger partial charge is 0.316 e. The zero-order chi connectivity index (χ0) is 14.5. The second kappa shape index (κ2) is 5.75. The van der Waals surface area contributed by atoms with E-state index in [0.29, 0.717) is 16.9 Å². The van der Waals surface area contributed by atoms with Crippen molar-refractivity contribution in [2.75, 3.05) is 10.6 Å². The Morgan fingerprint density at radius 2 is 1.60 bits per heavy atom. The number of phenols is 1. The molecule has 0 aliphatic heterocycles. The summed E-state index contributed by atoms with van der Waals surface area (Å²) in [4.78, 5) is 22.8. The van der Waals surface area contributed by atoms with Crippen LogP contribution in [-0.4, -0.2) is 17.0 Å². The minimum Gasteiger partial charge on any atom is -0.508 e. The van der Waals surface area contributed by atoms with Gasteiger partial charge < -0.3 is 21.5 Å².